The summed E-state index contributed by atoms with van der Waals surface area (Å²) in [6.45, 7) is 4.28. The largest absolute Gasteiger partial charge is 0.463 e. The van der Waals surface area contributed by atoms with Gasteiger partial charge in [-0.3, -0.25) is 5.32 Å². The molecule has 7 nitrogen and oxygen atoms in total. The molecule has 0 saturated heterocycles. The highest BCUT2D eigenvalue weighted by Gasteiger charge is 2.14. The number of anilines is 1. The Balaban J connectivity index is 1.90. The molecule has 2 N–H and O–H groups in total. The third-order valence-corrected chi connectivity index (χ3v) is 3.67. The first-order chi connectivity index (χ1) is 10.7. The van der Waals surface area contributed by atoms with Crippen LogP contribution in [-0.4, -0.2) is 27.3 Å². The molecule has 0 aliphatic rings. The zero-order chi connectivity index (χ0) is 15.5. The number of thiazole rings is 1. The first-order valence-electron chi connectivity index (χ1n) is 6.78. The van der Waals surface area contributed by atoms with Crippen molar-refractivity contribution in [3.63, 3.8) is 0 Å². The summed E-state index contributed by atoms with van der Waals surface area (Å²) in [5, 5.41) is 12.4. The summed E-state index contributed by atoms with van der Waals surface area (Å²) >= 11 is 1.43. The number of nitrogens with zero attached hydrogens (tertiary/aromatic N) is 3. The fourth-order valence-electron chi connectivity index (χ4n) is 1.95. The molecule has 3 aromatic rings. The maximum absolute atomic E-state index is 11.7. The molecule has 0 radical (unpaired) electrons. The van der Waals surface area contributed by atoms with Crippen molar-refractivity contribution in [3.8, 4) is 16.6 Å². The van der Waals surface area contributed by atoms with Crippen LogP contribution in [0.5, 0.6) is 0 Å². The Bertz CT molecular complexity index is 775. The van der Waals surface area contributed by atoms with Gasteiger partial charge >= 0.3 is 6.03 Å². The van der Waals surface area contributed by atoms with Gasteiger partial charge in [-0.1, -0.05) is 0 Å². The molecule has 0 atom stereocenters. The number of aryl methyl sites for hydroxylation is 1. The van der Waals surface area contributed by atoms with Crippen molar-refractivity contribution in [3.05, 3.63) is 35.5 Å². The number of rotatable bonds is 4. The Hall–Kier alpha value is -2.61. The van der Waals surface area contributed by atoms with E-state index in [1.807, 2.05) is 31.4 Å². The van der Waals surface area contributed by atoms with Crippen LogP contribution < -0.4 is 10.6 Å². The highest BCUT2D eigenvalue weighted by Crippen LogP contribution is 2.26. The van der Waals surface area contributed by atoms with Gasteiger partial charge in [0.05, 0.1) is 12.0 Å². The normalized spacial score (nSPS) is 10.6. The van der Waals surface area contributed by atoms with E-state index in [1.165, 1.54) is 11.3 Å². The quantitative estimate of drug-likeness (QED) is 0.774. The van der Waals surface area contributed by atoms with E-state index < -0.39 is 0 Å². The molecule has 0 spiro atoms. The van der Waals surface area contributed by atoms with Crippen LogP contribution in [-0.2, 0) is 0 Å². The molecular formula is C14H15N5O2S. The van der Waals surface area contributed by atoms with Gasteiger partial charge in [-0.15, -0.1) is 11.3 Å². The van der Waals surface area contributed by atoms with E-state index in [4.69, 9.17) is 4.42 Å². The second-order valence-electron chi connectivity index (χ2n) is 4.56. The molecule has 3 heterocycles. The molecule has 0 aliphatic carbocycles. The third-order valence-electron chi connectivity index (χ3n) is 2.86. The molecule has 114 valence electrons. The summed E-state index contributed by atoms with van der Waals surface area (Å²) in [6, 6.07) is 5.19. The summed E-state index contributed by atoms with van der Waals surface area (Å²) in [5.41, 5.74) is 1.53. The maximum Gasteiger partial charge on any atom is 0.320 e. The molecule has 8 heteroatoms. The summed E-state index contributed by atoms with van der Waals surface area (Å²) < 4.78 is 6.95. The highest BCUT2D eigenvalue weighted by atomic mass is 32.1. The molecule has 0 unspecified atom stereocenters. The minimum Gasteiger partial charge on any atom is -0.463 e. The first-order valence-corrected chi connectivity index (χ1v) is 7.66. The summed E-state index contributed by atoms with van der Waals surface area (Å²) in [6.07, 6.45) is 1.61. The van der Waals surface area contributed by atoms with E-state index in [9.17, 15) is 4.79 Å². The molecule has 0 aromatic carbocycles. The number of carbonyl (C=O) groups is 1. The molecule has 0 bridgehead atoms. The van der Waals surface area contributed by atoms with Crippen LogP contribution in [0.2, 0.25) is 0 Å². The van der Waals surface area contributed by atoms with Gasteiger partial charge in [0.1, 0.15) is 11.5 Å². The number of nitrogens with one attached hydrogen (secondary N) is 2. The molecule has 22 heavy (non-hydrogen) atoms. The molecule has 3 aromatic heterocycles. The lowest BCUT2D eigenvalue weighted by Gasteiger charge is -2.06. The zero-order valence-corrected chi connectivity index (χ0v) is 13.0. The van der Waals surface area contributed by atoms with E-state index in [-0.39, 0.29) is 6.03 Å². The monoisotopic (exact) mass is 317 g/mol. The van der Waals surface area contributed by atoms with Crippen LogP contribution in [0.15, 0.2) is 34.3 Å². The molecule has 0 fully saturated rings. The van der Waals surface area contributed by atoms with Crippen LogP contribution in [0.4, 0.5) is 10.6 Å². The van der Waals surface area contributed by atoms with Gasteiger partial charge in [-0.2, -0.15) is 9.78 Å². The zero-order valence-electron chi connectivity index (χ0n) is 12.2. The summed E-state index contributed by atoms with van der Waals surface area (Å²) in [4.78, 5) is 16.2. The lowest BCUT2D eigenvalue weighted by atomic mass is 10.4. The Morgan fingerprint density at radius 3 is 3.09 bits per heavy atom. The number of urea groups is 1. The Morgan fingerprint density at radius 1 is 1.50 bits per heavy atom. The van der Waals surface area contributed by atoms with Crippen molar-refractivity contribution >= 4 is 23.2 Å². The van der Waals surface area contributed by atoms with E-state index in [0.29, 0.717) is 23.3 Å². The lowest BCUT2D eigenvalue weighted by Crippen LogP contribution is -2.29. The number of hydrogen-bond donors (Lipinski definition) is 2. The predicted molar refractivity (Wildman–Crippen MR) is 84.4 cm³/mol. The van der Waals surface area contributed by atoms with Crippen molar-refractivity contribution in [2.75, 3.05) is 11.9 Å². The molecule has 3 rings (SSSR count). The standard InChI is InChI=1S/C14H15N5O2S/c1-3-15-13(20)17-12-7-9(2)18-19(12)14-16-10(8-22-14)11-5-4-6-21-11/h4-8H,3H2,1-2H3,(H2,15,17,20). The summed E-state index contributed by atoms with van der Waals surface area (Å²) in [5.74, 6) is 1.27. The molecule has 0 aliphatic heterocycles. The van der Waals surface area contributed by atoms with E-state index in [1.54, 1.807) is 17.0 Å². The number of hydrogen-bond acceptors (Lipinski definition) is 5. The van der Waals surface area contributed by atoms with Crippen LogP contribution >= 0.6 is 11.3 Å². The minimum absolute atomic E-state index is 0.272. The second kappa shape index (κ2) is 6.02. The Labute approximate surface area is 131 Å². The minimum atomic E-state index is -0.272. The number of aromatic nitrogens is 3. The number of amides is 2. The van der Waals surface area contributed by atoms with E-state index in [0.717, 1.165) is 11.4 Å². The molecular weight excluding hydrogens is 302 g/mol. The summed E-state index contributed by atoms with van der Waals surface area (Å²) in [7, 11) is 0. The number of carbonyl (C=O) groups excluding carboxylic acids is 1. The van der Waals surface area contributed by atoms with Gasteiger partial charge in [0.15, 0.2) is 5.76 Å². The Morgan fingerprint density at radius 2 is 2.36 bits per heavy atom. The average Bonchev–Trinajstić information content (AvgIpc) is 3.18. The van der Waals surface area contributed by atoms with Crippen molar-refractivity contribution < 1.29 is 9.21 Å². The van der Waals surface area contributed by atoms with E-state index in [2.05, 4.69) is 20.7 Å². The molecule has 0 saturated carbocycles. The van der Waals surface area contributed by atoms with Gasteiger partial charge in [0, 0.05) is 18.0 Å². The van der Waals surface area contributed by atoms with Crippen molar-refractivity contribution in [2.24, 2.45) is 0 Å². The van der Waals surface area contributed by atoms with Gasteiger partial charge in [-0.25, -0.2) is 9.78 Å². The molecule has 2 amide bonds. The van der Waals surface area contributed by atoms with Crippen molar-refractivity contribution in [1.82, 2.24) is 20.1 Å². The van der Waals surface area contributed by atoms with Gasteiger partial charge < -0.3 is 9.73 Å². The van der Waals surface area contributed by atoms with Crippen LogP contribution in [0, 0.1) is 6.92 Å². The lowest BCUT2D eigenvalue weighted by molar-refractivity contribution is 0.252. The van der Waals surface area contributed by atoms with Crippen LogP contribution in [0.3, 0.4) is 0 Å². The first kappa shape index (κ1) is 14.3. The van der Waals surface area contributed by atoms with Gasteiger partial charge in [-0.05, 0) is 26.0 Å². The predicted octanol–water partition coefficient (Wildman–Crippen LogP) is 3.04. The second-order valence-corrected chi connectivity index (χ2v) is 5.40. The van der Waals surface area contributed by atoms with Gasteiger partial charge in [0.25, 0.3) is 0 Å². The average molecular weight is 317 g/mol. The van der Waals surface area contributed by atoms with Gasteiger partial charge in [0.2, 0.25) is 5.13 Å². The number of furan rings is 1. The van der Waals surface area contributed by atoms with Crippen molar-refractivity contribution in [1.29, 1.82) is 0 Å². The SMILES string of the molecule is CCNC(=O)Nc1cc(C)nn1-c1nc(-c2ccco2)cs1. The Kier molecular flexibility index (Phi) is 3.92. The van der Waals surface area contributed by atoms with E-state index >= 15 is 0 Å². The fourth-order valence-corrected chi connectivity index (χ4v) is 2.73. The highest BCUT2D eigenvalue weighted by molar-refractivity contribution is 7.12. The maximum atomic E-state index is 11.7. The third kappa shape index (κ3) is 2.86. The fraction of sp³-hybridized carbons (Fsp3) is 0.214. The van der Waals surface area contributed by atoms with Crippen LogP contribution in [0.1, 0.15) is 12.6 Å². The van der Waals surface area contributed by atoms with Crippen LogP contribution in [0.25, 0.3) is 16.6 Å². The smallest absolute Gasteiger partial charge is 0.320 e. The van der Waals surface area contributed by atoms with Crippen molar-refractivity contribution in [2.45, 2.75) is 13.8 Å². The topological polar surface area (TPSA) is 85.0 Å².